The lowest BCUT2D eigenvalue weighted by Gasteiger charge is -2.02. The molecule has 25 heavy (non-hydrogen) atoms. The number of H-pyrrole nitrogens is 1. The molecule has 0 fully saturated rings. The van der Waals surface area contributed by atoms with E-state index in [1.54, 1.807) is 36.0 Å². The van der Waals surface area contributed by atoms with Crippen molar-refractivity contribution in [3.8, 4) is 17.1 Å². The number of hydrogen-bond acceptors (Lipinski definition) is 3. The molecule has 0 saturated heterocycles. The first-order chi connectivity index (χ1) is 12.1. The number of nitrogens with one attached hydrogen (secondary N) is 1. The van der Waals surface area contributed by atoms with E-state index in [-0.39, 0.29) is 11.8 Å². The standard InChI is InChI=1S/C19H13ClN2O2S/c1-25-13-8-4-11(5-9-13)17-15-14(18(23)22-17)16(21-19(15)24)10-2-6-12(20)7-3-10/h2-9,22-23H,1H3. The zero-order chi connectivity index (χ0) is 17.6. The maximum absolute atomic E-state index is 12.5. The Morgan fingerprint density at radius 1 is 1.00 bits per heavy atom. The van der Waals surface area contributed by atoms with Crippen LogP contribution in [0.4, 0.5) is 0 Å². The number of halogens is 1. The molecule has 0 unspecified atom stereocenters. The van der Waals surface area contributed by atoms with E-state index >= 15 is 0 Å². The molecule has 0 radical (unpaired) electrons. The molecule has 1 amide bonds. The summed E-state index contributed by atoms with van der Waals surface area (Å²) in [6, 6.07) is 14.8. The van der Waals surface area contributed by atoms with Gasteiger partial charge in [-0.15, -0.1) is 11.8 Å². The van der Waals surface area contributed by atoms with Crippen LogP contribution in [0.1, 0.15) is 21.5 Å². The van der Waals surface area contributed by atoms with E-state index in [1.807, 2.05) is 30.5 Å². The van der Waals surface area contributed by atoms with Gasteiger partial charge in [-0.05, 0) is 36.1 Å². The van der Waals surface area contributed by atoms with E-state index in [9.17, 15) is 9.90 Å². The Bertz CT molecular complexity index is 1010. The largest absolute Gasteiger partial charge is 0.494 e. The van der Waals surface area contributed by atoms with Crippen LogP contribution in [0.2, 0.25) is 5.02 Å². The highest BCUT2D eigenvalue weighted by molar-refractivity contribution is 7.98. The van der Waals surface area contributed by atoms with Crippen molar-refractivity contribution in [2.45, 2.75) is 4.90 Å². The number of amides is 1. The van der Waals surface area contributed by atoms with Crippen LogP contribution in [-0.2, 0) is 0 Å². The van der Waals surface area contributed by atoms with Gasteiger partial charge in [0.2, 0.25) is 0 Å². The fourth-order valence-corrected chi connectivity index (χ4v) is 3.47. The molecular formula is C19H13ClN2O2S. The Balaban J connectivity index is 1.83. The summed E-state index contributed by atoms with van der Waals surface area (Å²) >= 11 is 7.57. The molecule has 0 bridgehead atoms. The van der Waals surface area contributed by atoms with E-state index in [0.29, 0.717) is 27.6 Å². The Kier molecular flexibility index (Phi) is 3.90. The van der Waals surface area contributed by atoms with Gasteiger partial charge >= 0.3 is 0 Å². The number of hydrogen-bond donors (Lipinski definition) is 2. The first-order valence-corrected chi connectivity index (χ1v) is 9.17. The van der Waals surface area contributed by atoms with Gasteiger partial charge in [0, 0.05) is 15.5 Å². The van der Waals surface area contributed by atoms with Crippen LogP contribution in [0, 0.1) is 0 Å². The number of thioether (sulfide) groups is 1. The topological polar surface area (TPSA) is 65.4 Å². The lowest BCUT2D eigenvalue weighted by atomic mass is 10.0. The van der Waals surface area contributed by atoms with Gasteiger partial charge < -0.3 is 10.1 Å². The second kappa shape index (κ2) is 6.10. The third-order valence-electron chi connectivity index (χ3n) is 4.14. The van der Waals surface area contributed by atoms with Gasteiger partial charge in [0.25, 0.3) is 5.91 Å². The van der Waals surface area contributed by atoms with Crippen molar-refractivity contribution in [2.75, 3.05) is 6.26 Å². The monoisotopic (exact) mass is 368 g/mol. The molecule has 0 aliphatic carbocycles. The van der Waals surface area contributed by atoms with E-state index in [1.165, 1.54) is 0 Å². The number of aromatic nitrogens is 1. The molecule has 0 atom stereocenters. The number of aliphatic imine (C=N–C) groups is 1. The molecule has 4 nitrogen and oxygen atoms in total. The van der Waals surface area contributed by atoms with Crippen molar-refractivity contribution in [3.63, 3.8) is 0 Å². The van der Waals surface area contributed by atoms with E-state index < -0.39 is 0 Å². The number of fused-ring (bicyclic) bond motifs is 1. The zero-order valence-corrected chi connectivity index (χ0v) is 14.8. The molecule has 4 rings (SSSR count). The minimum Gasteiger partial charge on any atom is -0.494 e. The average Bonchev–Trinajstić information content (AvgIpc) is 3.15. The summed E-state index contributed by atoms with van der Waals surface area (Å²) in [6.07, 6.45) is 2.00. The van der Waals surface area contributed by atoms with Gasteiger partial charge in [0.1, 0.15) is 0 Å². The minimum absolute atomic E-state index is 0.0570. The molecule has 124 valence electrons. The van der Waals surface area contributed by atoms with E-state index in [4.69, 9.17) is 11.6 Å². The van der Waals surface area contributed by atoms with Crippen molar-refractivity contribution < 1.29 is 9.90 Å². The highest BCUT2D eigenvalue weighted by atomic mass is 35.5. The molecule has 3 aromatic rings. The van der Waals surface area contributed by atoms with Crippen molar-refractivity contribution in [3.05, 3.63) is 70.2 Å². The number of aromatic hydroxyl groups is 1. The number of aromatic amines is 1. The van der Waals surface area contributed by atoms with Crippen LogP contribution in [-0.4, -0.2) is 28.0 Å². The van der Waals surface area contributed by atoms with Gasteiger partial charge in [-0.2, -0.15) is 0 Å². The van der Waals surface area contributed by atoms with Gasteiger partial charge in [-0.25, -0.2) is 4.99 Å². The van der Waals surface area contributed by atoms with Crippen LogP contribution in [0.5, 0.6) is 5.88 Å². The van der Waals surface area contributed by atoms with Gasteiger partial charge in [0.15, 0.2) is 5.88 Å². The van der Waals surface area contributed by atoms with Gasteiger partial charge in [0.05, 0.1) is 22.5 Å². The molecule has 2 heterocycles. The number of carbonyl (C=O) groups is 1. The van der Waals surface area contributed by atoms with Gasteiger partial charge in [-0.3, -0.25) is 4.79 Å². The maximum atomic E-state index is 12.5. The summed E-state index contributed by atoms with van der Waals surface area (Å²) < 4.78 is 0. The number of rotatable bonds is 3. The highest BCUT2D eigenvalue weighted by Crippen LogP contribution is 2.38. The summed E-state index contributed by atoms with van der Waals surface area (Å²) in [7, 11) is 0. The Labute approximate surface area is 153 Å². The lowest BCUT2D eigenvalue weighted by molar-refractivity contribution is 0.101. The fraction of sp³-hybridized carbons (Fsp3) is 0.0526. The minimum atomic E-state index is -0.361. The average molecular weight is 369 g/mol. The molecule has 2 aromatic carbocycles. The summed E-state index contributed by atoms with van der Waals surface area (Å²) in [6.45, 7) is 0. The zero-order valence-electron chi connectivity index (χ0n) is 13.2. The molecule has 0 saturated carbocycles. The predicted octanol–water partition coefficient (Wildman–Crippen LogP) is 4.75. The Hall–Kier alpha value is -2.50. The molecule has 6 heteroatoms. The van der Waals surface area contributed by atoms with Crippen molar-refractivity contribution in [2.24, 2.45) is 4.99 Å². The molecule has 1 aromatic heterocycles. The smallest absolute Gasteiger partial charge is 0.280 e. The van der Waals surface area contributed by atoms with E-state index in [2.05, 4.69) is 9.98 Å². The highest BCUT2D eigenvalue weighted by Gasteiger charge is 2.33. The second-order valence-electron chi connectivity index (χ2n) is 5.60. The van der Waals surface area contributed by atoms with Crippen LogP contribution >= 0.6 is 23.4 Å². The SMILES string of the molecule is CSc1ccc(-c2[nH]c(O)c3c2C(=O)N=C3c2ccc(Cl)cc2)cc1. The quantitative estimate of drug-likeness (QED) is 0.655. The van der Waals surface area contributed by atoms with Crippen molar-refractivity contribution in [1.29, 1.82) is 0 Å². The van der Waals surface area contributed by atoms with Crippen LogP contribution in [0.3, 0.4) is 0 Å². The van der Waals surface area contributed by atoms with Crippen molar-refractivity contribution >= 4 is 35.0 Å². The summed E-state index contributed by atoms with van der Waals surface area (Å²) in [5.74, 6) is -0.418. The Morgan fingerprint density at radius 2 is 1.64 bits per heavy atom. The third-order valence-corrected chi connectivity index (χ3v) is 5.14. The van der Waals surface area contributed by atoms with E-state index in [0.717, 1.165) is 16.0 Å². The molecule has 2 N–H and O–H groups in total. The summed E-state index contributed by atoms with van der Waals surface area (Å²) in [5, 5.41) is 11.0. The van der Waals surface area contributed by atoms with Crippen LogP contribution in [0.25, 0.3) is 11.3 Å². The van der Waals surface area contributed by atoms with Gasteiger partial charge in [-0.1, -0.05) is 35.9 Å². The maximum Gasteiger partial charge on any atom is 0.280 e. The molecule has 1 aliphatic rings. The lowest BCUT2D eigenvalue weighted by Crippen LogP contribution is -1.99. The molecular weight excluding hydrogens is 356 g/mol. The summed E-state index contributed by atoms with van der Waals surface area (Å²) in [5.41, 5.74) is 3.44. The second-order valence-corrected chi connectivity index (χ2v) is 6.92. The first kappa shape index (κ1) is 16.0. The third kappa shape index (κ3) is 2.65. The fourth-order valence-electron chi connectivity index (χ4n) is 2.94. The van der Waals surface area contributed by atoms with Crippen molar-refractivity contribution in [1.82, 2.24) is 4.98 Å². The molecule has 1 aliphatic heterocycles. The predicted molar refractivity (Wildman–Crippen MR) is 101 cm³/mol. The van der Waals surface area contributed by atoms with Crippen LogP contribution in [0.15, 0.2) is 58.4 Å². The number of benzene rings is 2. The first-order valence-electron chi connectivity index (χ1n) is 7.57. The normalized spacial score (nSPS) is 13.0. The summed E-state index contributed by atoms with van der Waals surface area (Å²) in [4.78, 5) is 20.7. The number of carbonyl (C=O) groups excluding carboxylic acids is 1. The Morgan fingerprint density at radius 3 is 2.28 bits per heavy atom. The molecule has 0 spiro atoms. The van der Waals surface area contributed by atoms with Crippen LogP contribution < -0.4 is 0 Å². The number of nitrogens with zero attached hydrogens (tertiary/aromatic N) is 1.